The number of thioether (sulfide) groups is 1. The molecule has 0 aliphatic heterocycles. The van der Waals surface area contributed by atoms with Crippen molar-refractivity contribution in [3.63, 3.8) is 0 Å². The van der Waals surface area contributed by atoms with Crippen molar-refractivity contribution in [3.05, 3.63) is 11.9 Å². The molecule has 0 radical (unpaired) electrons. The molecule has 108 valence electrons. The smallest absolute Gasteiger partial charge is 0.134 e. The van der Waals surface area contributed by atoms with E-state index >= 15 is 0 Å². The summed E-state index contributed by atoms with van der Waals surface area (Å²) in [4.78, 5) is 8.58. The minimum Gasteiger partial charge on any atom is -0.396 e. The minimum atomic E-state index is 0.276. The van der Waals surface area contributed by atoms with E-state index in [1.807, 2.05) is 18.8 Å². The van der Waals surface area contributed by atoms with Gasteiger partial charge in [0.15, 0.2) is 0 Å². The molecular weight excluding hydrogens is 260 g/mol. The Morgan fingerprint density at radius 1 is 1.26 bits per heavy atom. The van der Waals surface area contributed by atoms with Crippen molar-refractivity contribution in [1.29, 1.82) is 0 Å². The van der Waals surface area contributed by atoms with Crippen LogP contribution in [0.3, 0.4) is 0 Å². The predicted molar refractivity (Wildman–Crippen MR) is 83.1 cm³/mol. The standard InChI is InChI=1S/C13H24N4OS/c1-3-5-11-12(14-2)16-10-17-13(11)15-6-9-19-8-4-7-18/h10,18H,3-9H2,1-2H3,(H2,14,15,16,17). The molecular formula is C13H24N4OS. The SMILES string of the molecule is CCCc1c(NC)ncnc1NCCSCCCO. The number of hydrogen-bond donors (Lipinski definition) is 3. The first-order valence-electron chi connectivity index (χ1n) is 6.77. The Balaban J connectivity index is 2.47. The quantitative estimate of drug-likeness (QED) is 0.571. The Kier molecular flexibility index (Phi) is 8.33. The average Bonchev–Trinajstić information content (AvgIpc) is 2.44. The van der Waals surface area contributed by atoms with Crippen LogP contribution in [-0.4, -0.2) is 46.8 Å². The first kappa shape index (κ1) is 16.0. The summed E-state index contributed by atoms with van der Waals surface area (Å²) >= 11 is 1.84. The molecule has 0 atom stereocenters. The van der Waals surface area contributed by atoms with Gasteiger partial charge in [0.25, 0.3) is 0 Å². The lowest BCUT2D eigenvalue weighted by Gasteiger charge is -2.13. The topological polar surface area (TPSA) is 70.1 Å². The fourth-order valence-corrected chi connectivity index (χ4v) is 2.56. The van der Waals surface area contributed by atoms with E-state index in [1.165, 1.54) is 0 Å². The molecule has 0 aliphatic rings. The molecule has 1 rings (SSSR count). The van der Waals surface area contributed by atoms with E-state index in [-0.39, 0.29) is 6.61 Å². The number of aromatic nitrogens is 2. The summed E-state index contributed by atoms with van der Waals surface area (Å²) in [5.41, 5.74) is 1.16. The van der Waals surface area contributed by atoms with Gasteiger partial charge in [0.05, 0.1) is 0 Å². The number of aliphatic hydroxyl groups is 1. The Morgan fingerprint density at radius 3 is 2.74 bits per heavy atom. The molecule has 0 unspecified atom stereocenters. The second-order valence-electron chi connectivity index (χ2n) is 4.17. The number of nitrogens with one attached hydrogen (secondary N) is 2. The van der Waals surface area contributed by atoms with Crippen LogP contribution in [0.15, 0.2) is 6.33 Å². The summed E-state index contributed by atoms with van der Waals surface area (Å²) in [5.74, 6) is 3.87. The second-order valence-corrected chi connectivity index (χ2v) is 5.39. The molecule has 19 heavy (non-hydrogen) atoms. The van der Waals surface area contributed by atoms with Crippen molar-refractivity contribution in [3.8, 4) is 0 Å². The van der Waals surface area contributed by atoms with E-state index < -0.39 is 0 Å². The zero-order chi connectivity index (χ0) is 13.9. The van der Waals surface area contributed by atoms with E-state index in [9.17, 15) is 0 Å². The van der Waals surface area contributed by atoms with E-state index in [0.29, 0.717) is 0 Å². The largest absolute Gasteiger partial charge is 0.396 e. The highest BCUT2D eigenvalue weighted by Crippen LogP contribution is 2.21. The molecule has 0 aliphatic carbocycles. The first-order valence-corrected chi connectivity index (χ1v) is 7.93. The molecule has 3 N–H and O–H groups in total. The van der Waals surface area contributed by atoms with Crippen LogP contribution < -0.4 is 10.6 Å². The van der Waals surface area contributed by atoms with Gasteiger partial charge in [-0.15, -0.1) is 0 Å². The van der Waals surface area contributed by atoms with Gasteiger partial charge in [0.1, 0.15) is 18.0 Å². The van der Waals surface area contributed by atoms with Gasteiger partial charge < -0.3 is 15.7 Å². The maximum atomic E-state index is 8.70. The van der Waals surface area contributed by atoms with E-state index in [2.05, 4.69) is 27.5 Å². The third-order valence-electron chi connectivity index (χ3n) is 2.67. The van der Waals surface area contributed by atoms with Gasteiger partial charge in [-0.25, -0.2) is 9.97 Å². The highest BCUT2D eigenvalue weighted by atomic mass is 32.2. The zero-order valence-electron chi connectivity index (χ0n) is 11.8. The summed E-state index contributed by atoms with van der Waals surface area (Å²) in [7, 11) is 1.88. The van der Waals surface area contributed by atoms with E-state index in [0.717, 1.165) is 54.5 Å². The van der Waals surface area contributed by atoms with Crippen molar-refractivity contribution in [2.24, 2.45) is 0 Å². The Labute approximate surface area is 119 Å². The van der Waals surface area contributed by atoms with Crippen molar-refractivity contribution in [2.45, 2.75) is 26.2 Å². The number of hydrogen-bond acceptors (Lipinski definition) is 6. The monoisotopic (exact) mass is 284 g/mol. The number of rotatable bonds is 10. The van der Waals surface area contributed by atoms with Crippen LogP contribution in [0.5, 0.6) is 0 Å². The van der Waals surface area contributed by atoms with E-state index in [4.69, 9.17) is 5.11 Å². The fraction of sp³-hybridized carbons (Fsp3) is 0.692. The summed E-state index contributed by atoms with van der Waals surface area (Å²) in [6.07, 6.45) is 4.49. The first-order chi connectivity index (χ1) is 9.33. The second kappa shape index (κ2) is 9.86. The maximum absolute atomic E-state index is 8.70. The molecule has 0 spiro atoms. The normalized spacial score (nSPS) is 10.5. The summed E-state index contributed by atoms with van der Waals surface area (Å²) < 4.78 is 0. The van der Waals surface area contributed by atoms with Gasteiger partial charge in [-0.2, -0.15) is 11.8 Å². The molecule has 5 nitrogen and oxygen atoms in total. The molecule has 0 saturated heterocycles. The highest BCUT2D eigenvalue weighted by molar-refractivity contribution is 7.99. The van der Waals surface area contributed by atoms with Crippen LogP contribution in [-0.2, 0) is 6.42 Å². The van der Waals surface area contributed by atoms with Crippen LogP contribution in [0.4, 0.5) is 11.6 Å². The van der Waals surface area contributed by atoms with Gasteiger partial charge in [0, 0.05) is 31.5 Å². The Bertz CT molecular complexity index is 362. The lowest BCUT2D eigenvalue weighted by atomic mass is 10.1. The Morgan fingerprint density at radius 2 is 2.05 bits per heavy atom. The van der Waals surface area contributed by atoms with Gasteiger partial charge in [-0.05, 0) is 18.6 Å². The average molecular weight is 284 g/mol. The third kappa shape index (κ3) is 5.65. The molecule has 0 saturated carbocycles. The summed E-state index contributed by atoms with van der Waals surface area (Å²) in [5, 5.41) is 15.2. The molecule has 6 heteroatoms. The molecule has 0 fully saturated rings. The van der Waals surface area contributed by atoms with Crippen molar-refractivity contribution in [1.82, 2.24) is 9.97 Å². The predicted octanol–water partition coefficient (Wildman–Crippen LogP) is 2.00. The van der Waals surface area contributed by atoms with Crippen LogP contribution in [0.1, 0.15) is 25.3 Å². The van der Waals surface area contributed by atoms with Crippen LogP contribution in [0, 0.1) is 0 Å². The highest BCUT2D eigenvalue weighted by Gasteiger charge is 2.08. The van der Waals surface area contributed by atoms with Crippen molar-refractivity contribution >= 4 is 23.4 Å². The summed E-state index contributed by atoms with van der Waals surface area (Å²) in [6.45, 7) is 3.31. The third-order valence-corrected chi connectivity index (χ3v) is 3.74. The number of anilines is 2. The lowest BCUT2D eigenvalue weighted by Crippen LogP contribution is -2.11. The minimum absolute atomic E-state index is 0.276. The molecule has 0 amide bonds. The van der Waals surface area contributed by atoms with Crippen LogP contribution in [0.25, 0.3) is 0 Å². The van der Waals surface area contributed by atoms with Crippen LogP contribution in [0.2, 0.25) is 0 Å². The van der Waals surface area contributed by atoms with Gasteiger partial charge in [-0.1, -0.05) is 13.3 Å². The van der Waals surface area contributed by atoms with Crippen molar-refractivity contribution < 1.29 is 5.11 Å². The maximum Gasteiger partial charge on any atom is 0.134 e. The Hall–Kier alpha value is -1.01. The molecule has 0 aromatic carbocycles. The van der Waals surface area contributed by atoms with Gasteiger partial charge in [-0.3, -0.25) is 0 Å². The van der Waals surface area contributed by atoms with Crippen molar-refractivity contribution in [2.75, 3.05) is 42.3 Å². The van der Waals surface area contributed by atoms with Crippen LogP contribution >= 0.6 is 11.8 Å². The molecule has 1 heterocycles. The molecule has 0 bridgehead atoms. The number of nitrogens with zero attached hydrogens (tertiary/aromatic N) is 2. The zero-order valence-corrected chi connectivity index (χ0v) is 12.6. The summed E-state index contributed by atoms with van der Waals surface area (Å²) in [6, 6.07) is 0. The molecule has 1 aromatic heterocycles. The fourth-order valence-electron chi connectivity index (χ4n) is 1.78. The molecule has 1 aromatic rings. The van der Waals surface area contributed by atoms with E-state index in [1.54, 1.807) is 6.33 Å². The van der Waals surface area contributed by atoms with Gasteiger partial charge in [0.2, 0.25) is 0 Å². The number of aliphatic hydroxyl groups excluding tert-OH is 1. The lowest BCUT2D eigenvalue weighted by molar-refractivity contribution is 0.296. The van der Waals surface area contributed by atoms with Gasteiger partial charge >= 0.3 is 0 Å².